The van der Waals surface area contributed by atoms with Crippen molar-refractivity contribution in [3.05, 3.63) is 40.9 Å². The molecule has 0 aliphatic heterocycles. The number of aryl methyl sites for hydroxylation is 1. The molecule has 1 heterocycles. The zero-order chi connectivity index (χ0) is 11.5. The molecule has 1 N–H and O–H groups in total. The number of halogens is 1. The number of H-pyrrole nitrogens is 1. The molecule has 2 aromatic rings. The first-order valence-electron chi connectivity index (χ1n) is 5.21. The molecule has 16 heavy (non-hydrogen) atoms. The van der Waals surface area contributed by atoms with Gasteiger partial charge >= 0.3 is 0 Å². The van der Waals surface area contributed by atoms with Gasteiger partial charge < -0.3 is 9.55 Å². The highest BCUT2D eigenvalue weighted by atomic mass is 32.1. The zero-order valence-corrected chi connectivity index (χ0v) is 9.85. The van der Waals surface area contributed by atoms with E-state index in [2.05, 4.69) is 11.1 Å². The van der Waals surface area contributed by atoms with Gasteiger partial charge in [-0.25, -0.2) is 4.39 Å². The van der Waals surface area contributed by atoms with Gasteiger partial charge in [0.25, 0.3) is 0 Å². The van der Waals surface area contributed by atoms with Crippen LogP contribution in [0.3, 0.4) is 0 Å². The van der Waals surface area contributed by atoms with Crippen LogP contribution in [0.4, 0.5) is 4.39 Å². The monoisotopic (exact) mass is 236 g/mol. The van der Waals surface area contributed by atoms with Gasteiger partial charge in [0.05, 0.1) is 11.0 Å². The Morgan fingerprint density at radius 1 is 1.50 bits per heavy atom. The molecule has 0 aliphatic carbocycles. The first kappa shape index (κ1) is 11.1. The van der Waals surface area contributed by atoms with Crippen molar-refractivity contribution in [1.29, 1.82) is 0 Å². The van der Waals surface area contributed by atoms with Gasteiger partial charge in [-0.15, -0.1) is 0 Å². The first-order valence-corrected chi connectivity index (χ1v) is 5.62. The van der Waals surface area contributed by atoms with E-state index in [1.165, 1.54) is 12.1 Å². The molecule has 0 radical (unpaired) electrons. The molecule has 84 valence electrons. The van der Waals surface area contributed by atoms with Crippen molar-refractivity contribution in [1.82, 2.24) is 9.55 Å². The van der Waals surface area contributed by atoms with Crippen LogP contribution in [0.1, 0.15) is 13.3 Å². The summed E-state index contributed by atoms with van der Waals surface area (Å²) >= 11 is 5.21. The van der Waals surface area contributed by atoms with Crippen molar-refractivity contribution in [3.8, 4) is 0 Å². The van der Waals surface area contributed by atoms with Crippen LogP contribution in [-0.4, -0.2) is 9.55 Å². The number of nitrogens with zero attached hydrogens (tertiary/aromatic N) is 1. The van der Waals surface area contributed by atoms with Crippen LogP contribution in [0.5, 0.6) is 0 Å². The van der Waals surface area contributed by atoms with Gasteiger partial charge in [0.1, 0.15) is 5.82 Å². The van der Waals surface area contributed by atoms with E-state index in [0.717, 1.165) is 24.0 Å². The van der Waals surface area contributed by atoms with Crippen molar-refractivity contribution in [2.75, 3.05) is 0 Å². The number of imidazole rings is 1. The summed E-state index contributed by atoms with van der Waals surface area (Å²) in [5.74, 6) is -0.246. The molecular formula is C12H13FN2S. The standard InChI is InChI=1S/C12H13FN2S/c1-2-3-4-7-15-11-6-5-9(13)8-10(11)14-12(15)16/h2-3,5-6,8H,4,7H2,1H3,(H,14,16)/b3-2+. The second-order valence-corrected chi connectivity index (χ2v) is 3.99. The Labute approximate surface area is 98.4 Å². The molecule has 0 spiro atoms. The highest BCUT2D eigenvalue weighted by molar-refractivity contribution is 7.71. The summed E-state index contributed by atoms with van der Waals surface area (Å²) in [7, 11) is 0. The van der Waals surface area contributed by atoms with Gasteiger partial charge in [-0.1, -0.05) is 12.2 Å². The predicted octanol–water partition coefficient (Wildman–Crippen LogP) is 3.80. The number of nitrogens with one attached hydrogen (secondary N) is 1. The van der Waals surface area contributed by atoms with Crippen molar-refractivity contribution in [2.24, 2.45) is 0 Å². The van der Waals surface area contributed by atoms with Crippen LogP contribution in [0.2, 0.25) is 0 Å². The van der Waals surface area contributed by atoms with Crippen molar-refractivity contribution < 1.29 is 4.39 Å². The molecule has 0 bridgehead atoms. The summed E-state index contributed by atoms with van der Waals surface area (Å²) in [4.78, 5) is 3.01. The van der Waals surface area contributed by atoms with Crippen molar-refractivity contribution >= 4 is 23.3 Å². The van der Waals surface area contributed by atoms with Crippen LogP contribution in [0.15, 0.2) is 30.4 Å². The normalized spacial score (nSPS) is 11.6. The van der Waals surface area contributed by atoms with E-state index in [1.54, 1.807) is 6.07 Å². The lowest BCUT2D eigenvalue weighted by Gasteiger charge is -2.01. The lowest BCUT2D eigenvalue weighted by molar-refractivity contribution is 0.629. The van der Waals surface area contributed by atoms with Crippen LogP contribution >= 0.6 is 12.2 Å². The quantitative estimate of drug-likeness (QED) is 0.635. The van der Waals surface area contributed by atoms with E-state index in [0.29, 0.717) is 4.77 Å². The summed E-state index contributed by atoms with van der Waals surface area (Å²) in [5, 5.41) is 0. The van der Waals surface area contributed by atoms with Gasteiger partial charge in [0.15, 0.2) is 4.77 Å². The number of allylic oxidation sites excluding steroid dienone is 2. The molecule has 0 unspecified atom stereocenters. The minimum atomic E-state index is -0.246. The Bertz CT molecular complexity index is 580. The average molecular weight is 236 g/mol. The Morgan fingerprint density at radius 2 is 2.31 bits per heavy atom. The van der Waals surface area contributed by atoms with Crippen LogP contribution in [0, 0.1) is 10.6 Å². The summed E-state index contributed by atoms with van der Waals surface area (Å²) < 4.78 is 15.6. The van der Waals surface area contributed by atoms with Gasteiger partial charge in [-0.2, -0.15) is 0 Å². The maximum Gasteiger partial charge on any atom is 0.178 e. The van der Waals surface area contributed by atoms with E-state index in [-0.39, 0.29) is 5.82 Å². The first-order chi connectivity index (χ1) is 7.72. The molecule has 4 heteroatoms. The van der Waals surface area contributed by atoms with Gasteiger partial charge in [-0.3, -0.25) is 0 Å². The molecule has 0 amide bonds. The summed E-state index contributed by atoms with van der Waals surface area (Å²) in [6.07, 6.45) is 5.03. The van der Waals surface area contributed by atoms with Crippen molar-refractivity contribution in [3.63, 3.8) is 0 Å². The largest absolute Gasteiger partial charge is 0.330 e. The second kappa shape index (κ2) is 4.61. The molecule has 0 aliphatic rings. The fraction of sp³-hybridized carbons (Fsp3) is 0.250. The lowest BCUT2D eigenvalue weighted by Crippen LogP contribution is -1.96. The maximum absolute atomic E-state index is 13.0. The third kappa shape index (κ3) is 2.07. The van der Waals surface area contributed by atoms with Gasteiger partial charge in [0.2, 0.25) is 0 Å². The minimum Gasteiger partial charge on any atom is -0.330 e. The van der Waals surface area contributed by atoms with E-state index in [1.807, 2.05) is 17.6 Å². The topological polar surface area (TPSA) is 20.7 Å². The summed E-state index contributed by atoms with van der Waals surface area (Å²) in [5.41, 5.74) is 1.71. The molecule has 2 nitrogen and oxygen atoms in total. The molecular weight excluding hydrogens is 223 g/mol. The van der Waals surface area contributed by atoms with Crippen molar-refractivity contribution in [2.45, 2.75) is 19.9 Å². The highest BCUT2D eigenvalue weighted by Gasteiger charge is 2.04. The number of aromatic amines is 1. The number of hydrogen-bond donors (Lipinski definition) is 1. The lowest BCUT2D eigenvalue weighted by atomic mass is 10.3. The van der Waals surface area contributed by atoms with E-state index >= 15 is 0 Å². The number of aromatic nitrogens is 2. The predicted molar refractivity (Wildman–Crippen MR) is 66.5 cm³/mol. The molecule has 1 aromatic carbocycles. The number of benzene rings is 1. The second-order valence-electron chi connectivity index (χ2n) is 3.60. The Hall–Kier alpha value is -1.42. The molecule has 0 saturated heterocycles. The van der Waals surface area contributed by atoms with Gasteiger partial charge in [0, 0.05) is 6.54 Å². The van der Waals surface area contributed by atoms with Crippen LogP contribution in [-0.2, 0) is 6.54 Å². The smallest absolute Gasteiger partial charge is 0.178 e. The van der Waals surface area contributed by atoms with E-state index < -0.39 is 0 Å². The zero-order valence-electron chi connectivity index (χ0n) is 9.03. The maximum atomic E-state index is 13.0. The summed E-state index contributed by atoms with van der Waals surface area (Å²) in [6, 6.07) is 4.68. The Kier molecular flexibility index (Phi) is 3.19. The van der Waals surface area contributed by atoms with Crippen LogP contribution < -0.4 is 0 Å². The Morgan fingerprint density at radius 3 is 3.06 bits per heavy atom. The van der Waals surface area contributed by atoms with Gasteiger partial charge in [-0.05, 0) is 43.8 Å². The van der Waals surface area contributed by atoms with E-state index in [9.17, 15) is 4.39 Å². The molecule has 0 saturated carbocycles. The molecule has 1 aromatic heterocycles. The average Bonchev–Trinajstić information content (AvgIpc) is 2.55. The Balaban J connectivity index is 2.44. The fourth-order valence-corrected chi connectivity index (χ4v) is 2.03. The van der Waals surface area contributed by atoms with E-state index in [4.69, 9.17) is 12.2 Å². The minimum absolute atomic E-state index is 0.246. The third-order valence-corrected chi connectivity index (χ3v) is 2.81. The fourth-order valence-electron chi connectivity index (χ4n) is 1.73. The van der Waals surface area contributed by atoms with Crippen LogP contribution in [0.25, 0.3) is 11.0 Å². The molecule has 0 fully saturated rings. The number of rotatable bonds is 3. The molecule has 2 rings (SSSR count). The number of hydrogen-bond acceptors (Lipinski definition) is 1. The third-order valence-electron chi connectivity index (χ3n) is 2.49. The highest BCUT2D eigenvalue weighted by Crippen LogP contribution is 2.15. The summed E-state index contributed by atoms with van der Waals surface area (Å²) in [6.45, 7) is 2.80. The SMILES string of the molecule is C/C=C/CCn1c(=S)[nH]c2cc(F)ccc21. The molecule has 0 atom stereocenters. The number of fused-ring (bicyclic) bond motifs is 1.